The summed E-state index contributed by atoms with van der Waals surface area (Å²) in [6, 6.07) is 7.10. The van der Waals surface area contributed by atoms with Gasteiger partial charge in [-0.3, -0.25) is 9.55 Å². The van der Waals surface area contributed by atoms with E-state index in [-0.39, 0.29) is 0 Å². The van der Waals surface area contributed by atoms with Gasteiger partial charge in [0, 0.05) is 29.9 Å². The predicted octanol–water partition coefficient (Wildman–Crippen LogP) is 3.53. The molecule has 6 nitrogen and oxygen atoms in total. The molecular weight excluding hydrogens is 328 g/mol. The molecule has 0 amide bonds. The van der Waals surface area contributed by atoms with E-state index in [1.807, 2.05) is 6.92 Å². The fourth-order valence-corrected chi connectivity index (χ4v) is 3.01. The summed E-state index contributed by atoms with van der Waals surface area (Å²) in [5.74, 6) is 0.394. The third-order valence-corrected chi connectivity index (χ3v) is 4.16. The van der Waals surface area contributed by atoms with Crippen LogP contribution in [-0.2, 0) is 0 Å². The first-order valence-electron chi connectivity index (χ1n) is 7.33. The SMILES string of the molecule is CNc1nc(=O)n(-c2ccncc2C)c2c1oc1ccc(Cl)cc12. The highest BCUT2D eigenvalue weighted by molar-refractivity contribution is 6.31. The molecule has 1 N–H and O–H groups in total. The molecule has 0 bridgehead atoms. The van der Waals surface area contributed by atoms with Gasteiger partial charge in [-0.25, -0.2) is 4.79 Å². The Balaban J connectivity index is 2.27. The van der Waals surface area contributed by atoms with E-state index >= 15 is 0 Å². The lowest BCUT2D eigenvalue weighted by molar-refractivity contribution is 0.664. The number of furan rings is 1. The average Bonchev–Trinajstić information content (AvgIpc) is 2.94. The number of nitrogens with zero attached hydrogens (tertiary/aromatic N) is 3. The summed E-state index contributed by atoms with van der Waals surface area (Å²) in [5.41, 5.74) is 2.94. The summed E-state index contributed by atoms with van der Waals surface area (Å²) in [5, 5.41) is 4.24. The van der Waals surface area contributed by atoms with Gasteiger partial charge in [-0.2, -0.15) is 4.98 Å². The fourth-order valence-electron chi connectivity index (χ4n) is 2.84. The van der Waals surface area contributed by atoms with E-state index in [1.165, 1.54) is 4.57 Å². The molecule has 0 fully saturated rings. The minimum absolute atomic E-state index is 0.394. The van der Waals surface area contributed by atoms with E-state index in [2.05, 4.69) is 15.3 Å². The molecule has 3 aromatic heterocycles. The van der Waals surface area contributed by atoms with Crippen molar-refractivity contribution in [1.29, 1.82) is 0 Å². The molecule has 0 atom stereocenters. The highest BCUT2D eigenvalue weighted by Crippen LogP contribution is 2.34. The Morgan fingerprint density at radius 1 is 1.29 bits per heavy atom. The van der Waals surface area contributed by atoms with Crippen LogP contribution in [0.15, 0.2) is 45.9 Å². The van der Waals surface area contributed by atoms with Gasteiger partial charge in [0.25, 0.3) is 0 Å². The van der Waals surface area contributed by atoms with Crippen molar-refractivity contribution < 1.29 is 4.42 Å². The Bertz CT molecular complexity index is 1150. The van der Waals surface area contributed by atoms with Gasteiger partial charge in [0.1, 0.15) is 11.1 Å². The summed E-state index contributed by atoms with van der Waals surface area (Å²) in [6.45, 7) is 1.89. The number of aryl methyl sites for hydroxylation is 1. The van der Waals surface area contributed by atoms with Crippen molar-refractivity contribution >= 4 is 39.5 Å². The molecule has 0 aliphatic heterocycles. The number of aromatic nitrogens is 3. The van der Waals surface area contributed by atoms with Gasteiger partial charge in [-0.15, -0.1) is 0 Å². The lowest BCUT2D eigenvalue weighted by Crippen LogP contribution is -2.23. The third kappa shape index (κ3) is 2.07. The molecule has 7 heteroatoms. The number of halogens is 1. The zero-order chi connectivity index (χ0) is 16.8. The van der Waals surface area contributed by atoms with Crippen LogP contribution in [0.3, 0.4) is 0 Å². The van der Waals surface area contributed by atoms with Crippen molar-refractivity contribution in [3.05, 3.63) is 57.7 Å². The maximum Gasteiger partial charge on any atom is 0.354 e. The molecule has 0 saturated heterocycles. The summed E-state index contributed by atoms with van der Waals surface area (Å²) >= 11 is 6.15. The molecule has 4 rings (SSSR count). The molecule has 0 aliphatic rings. The monoisotopic (exact) mass is 340 g/mol. The van der Waals surface area contributed by atoms with E-state index in [0.29, 0.717) is 33.2 Å². The Morgan fingerprint density at radius 3 is 2.88 bits per heavy atom. The Labute approximate surface area is 141 Å². The first-order chi connectivity index (χ1) is 11.6. The number of pyridine rings is 1. The van der Waals surface area contributed by atoms with Gasteiger partial charge >= 0.3 is 5.69 Å². The van der Waals surface area contributed by atoms with Crippen molar-refractivity contribution in [2.45, 2.75) is 6.92 Å². The maximum absolute atomic E-state index is 12.7. The Hall–Kier alpha value is -2.86. The minimum atomic E-state index is -0.399. The average molecular weight is 341 g/mol. The summed E-state index contributed by atoms with van der Waals surface area (Å²) in [6.07, 6.45) is 3.34. The second-order valence-corrected chi connectivity index (χ2v) is 5.85. The van der Waals surface area contributed by atoms with Crippen LogP contribution in [0.5, 0.6) is 0 Å². The van der Waals surface area contributed by atoms with Crippen LogP contribution < -0.4 is 11.0 Å². The Kier molecular flexibility index (Phi) is 3.28. The van der Waals surface area contributed by atoms with Gasteiger partial charge in [-0.1, -0.05) is 11.6 Å². The second-order valence-electron chi connectivity index (χ2n) is 5.41. The number of anilines is 1. The zero-order valence-corrected chi connectivity index (χ0v) is 13.8. The second kappa shape index (κ2) is 5.35. The highest BCUT2D eigenvalue weighted by Gasteiger charge is 2.19. The van der Waals surface area contributed by atoms with Crippen molar-refractivity contribution in [2.75, 3.05) is 12.4 Å². The van der Waals surface area contributed by atoms with Gasteiger partial charge < -0.3 is 9.73 Å². The molecular formula is C17H13ClN4O2. The molecule has 0 aliphatic carbocycles. The lowest BCUT2D eigenvalue weighted by atomic mass is 10.2. The molecule has 0 unspecified atom stereocenters. The van der Waals surface area contributed by atoms with Crippen LogP contribution in [-0.4, -0.2) is 21.6 Å². The molecule has 0 spiro atoms. The van der Waals surface area contributed by atoms with Crippen LogP contribution in [0.4, 0.5) is 5.82 Å². The van der Waals surface area contributed by atoms with Gasteiger partial charge in [0.15, 0.2) is 11.4 Å². The van der Waals surface area contributed by atoms with E-state index in [9.17, 15) is 4.79 Å². The fraction of sp³-hybridized carbons (Fsp3) is 0.118. The summed E-state index contributed by atoms with van der Waals surface area (Å²) < 4.78 is 7.46. The van der Waals surface area contributed by atoms with Crippen molar-refractivity contribution in [1.82, 2.24) is 14.5 Å². The predicted molar refractivity (Wildman–Crippen MR) is 94.2 cm³/mol. The number of nitrogens with one attached hydrogen (secondary N) is 1. The molecule has 3 heterocycles. The first-order valence-corrected chi connectivity index (χ1v) is 7.71. The van der Waals surface area contributed by atoms with Gasteiger partial charge in [0.05, 0.1) is 5.69 Å². The van der Waals surface area contributed by atoms with Crippen LogP contribution in [0.2, 0.25) is 5.02 Å². The largest absolute Gasteiger partial charge is 0.450 e. The van der Waals surface area contributed by atoms with E-state index in [4.69, 9.17) is 16.0 Å². The van der Waals surface area contributed by atoms with Crippen LogP contribution >= 0.6 is 11.6 Å². The number of rotatable bonds is 2. The van der Waals surface area contributed by atoms with Crippen molar-refractivity contribution in [2.24, 2.45) is 0 Å². The topological polar surface area (TPSA) is 73.0 Å². The molecule has 0 radical (unpaired) electrons. The number of fused-ring (bicyclic) bond motifs is 3. The Morgan fingerprint density at radius 2 is 2.12 bits per heavy atom. The number of hydrogen-bond donors (Lipinski definition) is 1. The molecule has 120 valence electrons. The quantitative estimate of drug-likeness (QED) is 0.604. The standard InChI is InChI=1S/C17H13ClN4O2/c1-9-8-20-6-5-12(9)22-14-11-7-10(18)3-4-13(11)24-15(14)16(19-2)21-17(22)23/h3-8H,1-2H3,(H,19,21,23). The number of hydrogen-bond acceptors (Lipinski definition) is 5. The lowest BCUT2D eigenvalue weighted by Gasteiger charge is -2.11. The first kappa shape index (κ1) is 14.7. The number of benzene rings is 1. The van der Waals surface area contributed by atoms with E-state index in [1.54, 1.807) is 43.7 Å². The minimum Gasteiger partial charge on any atom is -0.450 e. The van der Waals surface area contributed by atoms with E-state index < -0.39 is 5.69 Å². The van der Waals surface area contributed by atoms with Crippen LogP contribution in [0.1, 0.15) is 5.56 Å². The van der Waals surface area contributed by atoms with Crippen molar-refractivity contribution in [3.63, 3.8) is 0 Å². The van der Waals surface area contributed by atoms with Crippen LogP contribution in [0, 0.1) is 6.92 Å². The summed E-state index contributed by atoms with van der Waals surface area (Å²) in [4.78, 5) is 20.9. The third-order valence-electron chi connectivity index (χ3n) is 3.93. The summed E-state index contributed by atoms with van der Waals surface area (Å²) in [7, 11) is 1.70. The maximum atomic E-state index is 12.7. The molecule has 4 aromatic rings. The van der Waals surface area contributed by atoms with Crippen molar-refractivity contribution in [3.8, 4) is 5.69 Å². The van der Waals surface area contributed by atoms with Crippen LogP contribution in [0.25, 0.3) is 27.8 Å². The molecule has 1 aromatic carbocycles. The zero-order valence-electron chi connectivity index (χ0n) is 13.0. The normalized spacial score (nSPS) is 11.3. The highest BCUT2D eigenvalue weighted by atomic mass is 35.5. The van der Waals surface area contributed by atoms with Gasteiger partial charge in [-0.05, 0) is 36.8 Å². The smallest absolute Gasteiger partial charge is 0.354 e. The van der Waals surface area contributed by atoms with E-state index in [0.717, 1.165) is 10.9 Å². The van der Waals surface area contributed by atoms with Gasteiger partial charge in [0.2, 0.25) is 0 Å². The molecule has 0 saturated carbocycles. The molecule has 24 heavy (non-hydrogen) atoms.